The Morgan fingerprint density at radius 2 is 1.83 bits per heavy atom. The number of rotatable bonds is 6. The lowest BCUT2D eigenvalue weighted by Crippen LogP contribution is -2.47. The molecule has 0 unspecified atom stereocenters. The lowest BCUT2D eigenvalue weighted by atomic mass is 10.1. The molecule has 2 fully saturated rings. The molecule has 1 saturated heterocycles. The van der Waals surface area contributed by atoms with Crippen LogP contribution in [-0.4, -0.2) is 54.4 Å². The number of nitrogens with one attached hydrogen (secondary N) is 1. The maximum atomic E-state index is 12.6. The van der Waals surface area contributed by atoms with Crippen LogP contribution in [-0.2, 0) is 0 Å². The van der Waals surface area contributed by atoms with E-state index in [1.807, 2.05) is 13.0 Å². The number of amides is 2. The van der Waals surface area contributed by atoms with Gasteiger partial charge in [-0.3, -0.25) is 14.5 Å². The van der Waals surface area contributed by atoms with Gasteiger partial charge in [0.1, 0.15) is 5.82 Å². The van der Waals surface area contributed by atoms with Crippen LogP contribution in [0.25, 0.3) is 0 Å². The molecule has 1 aromatic heterocycles. The molecule has 7 heteroatoms. The monoisotopic (exact) mass is 393 g/mol. The van der Waals surface area contributed by atoms with E-state index in [-0.39, 0.29) is 5.91 Å². The zero-order valence-electron chi connectivity index (χ0n) is 16.7. The summed E-state index contributed by atoms with van der Waals surface area (Å²) in [6.45, 7) is 7.15. The van der Waals surface area contributed by atoms with Gasteiger partial charge >= 0.3 is 0 Å². The third-order valence-electron chi connectivity index (χ3n) is 5.69. The van der Waals surface area contributed by atoms with Gasteiger partial charge in [0.2, 0.25) is 5.91 Å². The van der Waals surface area contributed by atoms with Crippen molar-refractivity contribution in [2.75, 3.05) is 42.9 Å². The second-order valence-electron chi connectivity index (χ2n) is 7.98. The molecule has 152 valence electrons. The number of nitrogens with zero attached hydrogens (tertiary/aromatic N) is 3. The Labute approximate surface area is 170 Å². The van der Waals surface area contributed by atoms with E-state index in [0.717, 1.165) is 43.5 Å². The highest BCUT2D eigenvalue weighted by Crippen LogP contribution is 2.30. The van der Waals surface area contributed by atoms with Crippen LogP contribution < -0.4 is 16.0 Å². The predicted octanol–water partition coefficient (Wildman–Crippen LogP) is 2.27. The first-order valence-electron chi connectivity index (χ1n) is 10.1. The largest absolute Gasteiger partial charge is 0.366 e. The molecule has 7 nitrogen and oxygen atoms in total. The van der Waals surface area contributed by atoms with Crippen LogP contribution in [0.4, 0.5) is 11.5 Å². The molecule has 3 N–H and O–H groups in total. The predicted molar refractivity (Wildman–Crippen MR) is 113 cm³/mol. The highest BCUT2D eigenvalue weighted by molar-refractivity contribution is 6.05. The number of carbonyl (C=O) groups is 2. The Bertz CT molecular complexity index is 900. The minimum Gasteiger partial charge on any atom is -0.366 e. The van der Waals surface area contributed by atoms with Gasteiger partial charge in [-0.05, 0) is 55.5 Å². The molecule has 0 spiro atoms. The van der Waals surface area contributed by atoms with E-state index >= 15 is 0 Å². The summed E-state index contributed by atoms with van der Waals surface area (Å²) in [5, 5.41) is 2.84. The number of primary amides is 1. The summed E-state index contributed by atoms with van der Waals surface area (Å²) in [5.41, 5.74) is 7.60. The SMILES string of the molecule is Cc1ccc(C(N)=O)cc1NC(=O)c1ccc(N2CCN(CC3CC3)CC2)nc1. The van der Waals surface area contributed by atoms with Gasteiger partial charge in [-0.15, -0.1) is 0 Å². The van der Waals surface area contributed by atoms with E-state index in [2.05, 4.69) is 20.1 Å². The number of benzene rings is 1. The number of aryl methyl sites for hydroxylation is 1. The van der Waals surface area contributed by atoms with Gasteiger partial charge in [-0.2, -0.15) is 0 Å². The Kier molecular flexibility index (Phi) is 5.49. The molecule has 4 rings (SSSR count). The van der Waals surface area contributed by atoms with Gasteiger partial charge < -0.3 is 16.0 Å². The van der Waals surface area contributed by atoms with E-state index in [1.165, 1.54) is 19.4 Å². The molecule has 2 heterocycles. The number of pyridine rings is 1. The van der Waals surface area contributed by atoms with E-state index in [4.69, 9.17) is 5.73 Å². The molecule has 1 aliphatic heterocycles. The lowest BCUT2D eigenvalue weighted by Gasteiger charge is -2.35. The first kappa shape index (κ1) is 19.4. The standard InChI is InChI=1S/C22H27N5O2/c1-15-2-5-17(21(23)28)12-19(15)25-22(29)18-6-7-20(24-13-18)27-10-8-26(9-11-27)14-16-3-4-16/h2,5-7,12-13,16H,3-4,8-11,14H2,1H3,(H2,23,28)(H,25,29). The summed E-state index contributed by atoms with van der Waals surface area (Å²) in [6, 6.07) is 8.70. The fourth-order valence-electron chi connectivity index (χ4n) is 3.64. The van der Waals surface area contributed by atoms with Crippen molar-refractivity contribution >= 4 is 23.3 Å². The molecular formula is C22H27N5O2. The molecule has 29 heavy (non-hydrogen) atoms. The third-order valence-corrected chi connectivity index (χ3v) is 5.69. The van der Waals surface area contributed by atoms with Crippen LogP contribution >= 0.6 is 0 Å². The van der Waals surface area contributed by atoms with Crippen molar-refractivity contribution in [2.45, 2.75) is 19.8 Å². The second kappa shape index (κ2) is 8.21. The number of hydrogen-bond acceptors (Lipinski definition) is 5. The van der Waals surface area contributed by atoms with Crippen molar-refractivity contribution in [3.05, 3.63) is 53.2 Å². The summed E-state index contributed by atoms with van der Waals surface area (Å²) < 4.78 is 0. The number of hydrogen-bond donors (Lipinski definition) is 2. The van der Waals surface area contributed by atoms with Crippen molar-refractivity contribution < 1.29 is 9.59 Å². The van der Waals surface area contributed by atoms with Crippen LogP contribution in [0.5, 0.6) is 0 Å². The smallest absolute Gasteiger partial charge is 0.257 e. The zero-order valence-corrected chi connectivity index (χ0v) is 16.7. The normalized spacial score (nSPS) is 17.2. The van der Waals surface area contributed by atoms with E-state index in [9.17, 15) is 9.59 Å². The van der Waals surface area contributed by atoms with E-state index < -0.39 is 5.91 Å². The summed E-state index contributed by atoms with van der Waals surface area (Å²) in [4.78, 5) is 33.3. The fraction of sp³-hybridized carbons (Fsp3) is 0.409. The molecule has 0 atom stereocenters. The second-order valence-corrected chi connectivity index (χ2v) is 7.98. The average Bonchev–Trinajstić information content (AvgIpc) is 3.54. The van der Waals surface area contributed by atoms with Crippen molar-refractivity contribution in [1.82, 2.24) is 9.88 Å². The van der Waals surface area contributed by atoms with Crippen molar-refractivity contribution in [2.24, 2.45) is 11.7 Å². The maximum Gasteiger partial charge on any atom is 0.257 e. The molecule has 1 aromatic carbocycles. The molecule has 2 aromatic rings. The highest BCUT2D eigenvalue weighted by atomic mass is 16.2. The van der Waals surface area contributed by atoms with Gasteiger partial charge in [0.15, 0.2) is 0 Å². The molecule has 0 radical (unpaired) electrons. The van der Waals surface area contributed by atoms with Crippen LogP contribution in [0.1, 0.15) is 39.1 Å². The number of anilines is 2. The summed E-state index contributed by atoms with van der Waals surface area (Å²) >= 11 is 0. The van der Waals surface area contributed by atoms with Crippen LogP contribution in [0.15, 0.2) is 36.5 Å². The first-order chi connectivity index (χ1) is 14.0. The minimum absolute atomic E-state index is 0.261. The Morgan fingerprint density at radius 3 is 2.45 bits per heavy atom. The minimum atomic E-state index is -0.524. The average molecular weight is 393 g/mol. The lowest BCUT2D eigenvalue weighted by molar-refractivity contribution is 0.0996. The molecule has 1 saturated carbocycles. The zero-order chi connectivity index (χ0) is 20.4. The van der Waals surface area contributed by atoms with Crippen molar-refractivity contribution in [3.8, 4) is 0 Å². The van der Waals surface area contributed by atoms with Gasteiger partial charge in [-0.25, -0.2) is 4.98 Å². The molecule has 0 bridgehead atoms. The molecular weight excluding hydrogens is 366 g/mol. The summed E-state index contributed by atoms with van der Waals surface area (Å²) in [7, 11) is 0. The van der Waals surface area contributed by atoms with Crippen LogP contribution in [0.2, 0.25) is 0 Å². The molecule has 1 aliphatic carbocycles. The van der Waals surface area contributed by atoms with Crippen molar-refractivity contribution in [1.29, 1.82) is 0 Å². The van der Waals surface area contributed by atoms with Crippen LogP contribution in [0, 0.1) is 12.8 Å². The number of carbonyl (C=O) groups excluding carboxylic acids is 2. The van der Waals surface area contributed by atoms with E-state index in [1.54, 1.807) is 30.5 Å². The number of nitrogens with two attached hydrogens (primary N) is 1. The first-order valence-corrected chi connectivity index (χ1v) is 10.1. The number of aromatic nitrogens is 1. The molecule has 2 aliphatic rings. The van der Waals surface area contributed by atoms with Gasteiger partial charge in [0.25, 0.3) is 5.91 Å². The molecule has 2 amide bonds. The Hall–Kier alpha value is -2.93. The summed E-state index contributed by atoms with van der Waals surface area (Å²) in [5.74, 6) is 1.04. The Morgan fingerprint density at radius 1 is 1.10 bits per heavy atom. The van der Waals surface area contributed by atoms with Gasteiger partial charge in [0.05, 0.1) is 5.56 Å². The fourth-order valence-corrected chi connectivity index (χ4v) is 3.64. The van der Waals surface area contributed by atoms with Gasteiger partial charge in [-0.1, -0.05) is 6.07 Å². The summed E-state index contributed by atoms with van der Waals surface area (Å²) in [6.07, 6.45) is 4.38. The third kappa shape index (κ3) is 4.74. The number of piperazine rings is 1. The highest BCUT2D eigenvalue weighted by Gasteiger charge is 2.26. The Balaban J connectivity index is 1.37. The van der Waals surface area contributed by atoms with E-state index in [0.29, 0.717) is 16.8 Å². The van der Waals surface area contributed by atoms with Gasteiger partial charge in [0, 0.05) is 50.2 Å². The van der Waals surface area contributed by atoms with Crippen LogP contribution in [0.3, 0.4) is 0 Å². The van der Waals surface area contributed by atoms with Crippen molar-refractivity contribution in [3.63, 3.8) is 0 Å². The maximum absolute atomic E-state index is 12.6. The quantitative estimate of drug-likeness (QED) is 0.786. The topological polar surface area (TPSA) is 91.6 Å².